The van der Waals surface area contributed by atoms with E-state index >= 15 is 0 Å². The number of amidine groups is 1. The lowest BCUT2D eigenvalue weighted by Crippen LogP contribution is -2.36. The molecule has 3 heteroatoms. The molecule has 82 valence electrons. The highest BCUT2D eigenvalue weighted by Gasteiger charge is 2.16. The maximum Gasteiger partial charge on any atom is 0.106 e. The number of nitrogens with one attached hydrogen (secondary N) is 1. The first-order valence-electron chi connectivity index (χ1n) is 5.45. The van der Waals surface area contributed by atoms with E-state index < -0.39 is 0 Å². The third-order valence-electron chi connectivity index (χ3n) is 2.38. The Balaban J connectivity index is 2.27. The zero-order chi connectivity index (χ0) is 10.6. The predicted molar refractivity (Wildman–Crippen MR) is 65.4 cm³/mol. The number of piperidine rings is 1. The molecule has 0 aromatic heterocycles. The Labute approximate surface area is 92.0 Å². The van der Waals surface area contributed by atoms with Crippen LogP contribution in [0.25, 0.3) is 0 Å². The summed E-state index contributed by atoms with van der Waals surface area (Å²) >= 11 is 1.87. The van der Waals surface area contributed by atoms with Crippen LogP contribution in [0, 0.1) is 5.41 Å². The average molecular weight is 214 g/mol. The van der Waals surface area contributed by atoms with Crippen molar-refractivity contribution in [2.75, 3.05) is 18.8 Å². The maximum absolute atomic E-state index is 7.97. The van der Waals surface area contributed by atoms with Crippen molar-refractivity contribution in [3.63, 3.8) is 0 Å². The molecule has 1 heterocycles. The Morgan fingerprint density at radius 1 is 1.21 bits per heavy atom. The monoisotopic (exact) mass is 214 g/mol. The molecule has 1 saturated heterocycles. The fourth-order valence-corrected chi connectivity index (χ4v) is 2.29. The topological polar surface area (TPSA) is 27.1 Å². The first-order valence-corrected chi connectivity index (χ1v) is 6.44. The molecule has 0 unspecified atom stereocenters. The summed E-state index contributed by atoms with van der Waals surface area (Å²) in [6.45, 7) is 8.83. The van der Waals surface area contributed by atoms with Gasteiger partial charge in [-0.25, -0.2) is 0 Å². The Hall–Kier alpha value is -0.180. The van der Waals surface area contributed by atoms with E-state index in [4.69, 9.17) is 5.41 Å². The molecular formula is C11H22N2S. The van der Waals surface area contributed by atoms with E-state index in [-0.39, 0.29) is 4.75 Å². The van der Waals surface area contributed by atoms with Gasteiger partial charge in [-0.15, -0.1) is 11.8 Å². The number of nitrogens with zero attached hydrogens (tertiary/aromatic N) is 1. The van der Waals surface area contributed by atoms with Crippen LogP contribution in [0.3, 0.4) is 0 Å². The van der Waals surface area contributed by atoms with Crippen molar-refractivity contribution in [1.29, 1.82) is 5.41 Å². The molecule has 0 spiro atoms. The minimum absolute atomic E-state index is 0.280. The lowest BCUT2D eigenvalue weighted by Gasteiger charge is -2.30. The summed E-state index contributed by atoms with van der Waals surface area (Å²) in [5, 5.41) is 7.97. The van der Waals surface area contributed by atoms with Crippen molar-refractivity contribution < 1.29 is 0 Å². The van der Waals surface area contributed by atoms with Crippen LogP contribution in [-0.4, -0.2) is 34.3 Å². The number of thioether (sulfide) groups is 1. The smallest absolute Gasteiger partial charge is 0.106 e. The molecule has 0 radical (unpaired) electrons. The second kappa shape index (κ2) is 5.06. The van der Waals surface area contributed by atoms with E-state index in [1.54, 1.807) is 0 Å². The predicted octanol–water partition coefficient (Wildman–Crippen LogP) is 2.98. The third kappa shape index (κ3) is 4.36. The summed E-state index contributed by atoms with van der Waals surface area (Å²) < 4.78 is 0.280. The number of hydrogen-bond donors (Lipinski definition) is 1. The highest BCUT2D eigenvalue weighted by molar-refractivity contribution is 8.01. The van der Waals surface area contributed by atoms with Gasteiger partial charge >= 0.3 is 0 Å². The molecule has 1 aliphatic rings. The first-order chi connectivity index (χ1) is 6.49. The Bertz CT molecular complexity index is 190. The second-order valence-corrected chi connectivity index (χ2v) is 6.70. The molecule has 0 aromatic carbocycles. The van der Waals surface area contributed by atoms with Crippen LogP contribution in [0.5, 0.6) is 0 Å². The van der Waals surface area contributed by atoms with Crippen LogP contribution >= 0.6 is 11.8 Å². The molecule has 1 aliphatic heterocycles. The molecule has 0 bridgehead atoms. The van der Waals surface area contributed by atoms with Gasteiger partial charge in [0.25, 0.3) is 0 Å². The third-order valence-corrected chi connectivity index (χ3v) is 3.66. The van der Waals surface area contributed by atoms with Gasteiger partial charge in [-0.3, -0.25) is 5.41 Å². The largest absolute Gasteiger partial charge is 0.360 e. The standard InChI is InChI=1S/C11H22N2S/c1-11(2,3)14-9-10(12)13-7-5-4-6-8-13/h12H,4-9H2,1-3H3. The minimum atomic E-state index is 0.280. The minimum Gasteiger partial charge on any atom is -0.360 e. The van der Waals surface area contributed by atoms with Crippen LogP contribution in [-0.2, 0) is 0 Å². The number of likely N-dealkylation sites (tertiary alicyclic amines) is 1. The van der Waals surface area contributed by atoms with Crippen LogP contribution < -0.4 is 0 Å². The summed E-state index contributed by atoms with van der Waals surface area (Å²) in [6.07, 6.45) is 3.88. The van der Waals surface area contributed by atoms with Gasteiger partial charge in [0.05, 0.1) is 5.75 Å². The summed E-state index contributed by atoms with van der Waals surface area (Å²) in [5.41, 5.74) is 0. The van der Waals surface area contributed by atoms with E-state index in [1.807, 2.05) is 11.8 Å². The van der Waals surface area contributed by atoms with Crippen LogP contribution in [0.2, 0.25) is 0 Å². The normalized spacial score (nSPS) is 18.4. The first kappa shape index (κ1) is 11.9. The Kier molecular flexibility index (Phi) is 4.30. The highest BCUT2D eigenvalue weighted by Crippen LogP contribution is 2.23. The lowest BCUT2D eigenvalue weighted by atomic mass is 10.1. The van der Waals surface area contributed by atoms with Crippen LogP contribution in [0.15, 0.2) is 0 Å². The van der Waals surface area contributed by atoms with Gasteiger partial charge in [0, 0.05) is 17.8 Å². The van der Waals surface area contributed by atoms with E-state index in [0.717, 1.165) is 24.7 Å². The van der Waals surface area contributed by atoms with Crippen molar-refractivity contribution in [1.82, 2.24) is 4.90 Å². The zero-order valence-electron chi connectivity index (χ0n) is 9.60. The van der Waals surface area contributed by atoms with Crippen molar-refractivity contribution >= 4 is 17.6 Å². The molecule has 1 rings (SSSR count). The van der Waals surface area contributed by atoms with Crippen LogP contribution in [0.1, 0.15) is 40.0 Å². The van der Waals surface area contributed by atoms with E-state index in [2.05, 4.69) is 25.7 Å². The summed E-state index contributed by atoms with van der Waals surface area (Å²) in [6, 6.07) is 0. The molecule has 0 atom stereocenters. The second-order valence-electron chi connectivity index (χ2n) is 4.90. The lowest BCUT2D eigenvalue weighted by molar-refractivity contribution is 0.339. The molecule has 0 saturated carbocycles. The van der Waals surface area contributed by atoms with Crippen molar-refractivity contribution in [3.05, 3.63) is 0 Å². The zero-order valence-corrected chi connectivity index (χ0v) is 10.4. The fraction of sp³-hybridized carbons (Fsp3) is 0.909. The molecule has 2 nitrogen and oxygen atoms in total. The summed E-state index contributed by atoms with van der Waals surface area (Å²) in [4.78, 5) is 2.24. The van der Waals surface area contributed by atoms with Gasteiger partial charge in [0.15, 0.2) is 0 Å². The number of hydrogen-bond acceptors (Lipinski definition) is 2. The van der Waals surface area contributed by atoms with E-state index in [0.29, 0.717) is 0 Å². The molecule has 0 aliphatic carbocycles. The molecule has 1 N–H and O–H groups in total. The van der Waals surface area contributed by atoms with Gasteiger partial charge in [-0.05, 0) is 19.3 Å². The van der Waals surface area contributed by atoms with E-state index in [1.165, 1.54) is 19.3 Å². The van der Waals surface area contributed by atoms with Gasteiger partial charge < -0.3 is 4.90 Å². The number of rotatable bonds is 2. The highest BCUT2D eigenvalue weighted by atomic mass is 32.2. The van der Waals surface area contributed by atoms with Gasteiger partial charge in [0.2, 0.25) is 0 Å². The van der Waals surface area contributed by atoms with Crippen LogP contribution in [0.4, 0.5) is 0 Å². The quantitative estimate of drug-likeness (QED) is 0.565. The fourth-order valence-electron chi connectivity index (χ4n) is 1.54. The van der Waals surface area contributed by atoms with Gasteiger partial charge in [-0.2, -0.15) is 0 Å². The van der Waals surface area contributed by atoms with E-state index in [9.17, 15) is 0 Å². The molecular weight excluding hydrogens is 192 g/mol. The molecule has 0 aromatic rings. The van der Waals surface area contributed by atoms with Gasteiger partial charge in [0.1, 0.15) is 5.84 Å². The SMILES string of the molecule is CC(C)(C)SCC(=N)N1CCCCC1. The Morgan fingerprint density at radius 3 is 2.29 bits per heavy atom. The summed E-state index contributed by atoms with van der Waals surface area (Å²) in [7, 11) is 0. The maximum atomic E-state index is 7.97. The van der Waals surface area contributed by atoms with Crippen molar-refractivity contribution in [3.8, 4) is 0 Å². The summed E-state index contributed by atoms with van der Waals surface area (Å²) in [5.74, 6) is 1.69. The molecule has 0 amide bonds. The Morgan fingerprint density at radius 2 is 1.79 bits per heavy atom. The molecule has 14 heavy (non-hydrogen) atoms. The average Bonchev–Trinajstić information content (AvgIpc) is 2.14. The van der Waals surface area contributed by atoms with Gasteiger partial charge in [-0.1, -0.05) is 20.8 Å². The van der Waals surface area contributed by atoms with Crippen molar-refractivity contribution in [2.24, 2.45) is 0 Å². The van der Waals surface area contributed by atoms with Crippen molar-refractivity contribution in [2.45, 2.75) is 44.8 Å². The molecule has 1 fully saturated rings.